The van der Waals surface area contributed by atoms with Gasteiger partial charge < -0.3 is 14.6 Å². The summed E-state index contributed by atoms with van der Waals surface area (Å²) in [5.74, 6) is -0.236. The Morgan fingerprint density at radius 3 is 2.93 bits per heavy atom. The van der Waals surface area contributed by atoms with Crippen LogP contribution in [-0.2, 0) is 16.8 Å². The van der Waals surface area contributed by atoms with E-state index in [4.69, 9.17) is 9.52 Å². The molecular weight excluding hydrogens is 196 g/mol. The van der Waals surface area contributed by atoms with Crippen LogP contribution >= 0.6 is 0 Å². The van der Waals surface area contributed by atoms with Crippen molar-refractivity contribution >= 4 is 5.97 Å². The maximum atomic E-state index is 11.2. The van der Waals surface area contributed by atoms with Crippen LogP contribution in [0.15, 0.2) is 10.5 Å². The number of carboxylic acid groups (broad SMARTS) is 1. The van der Waals surface area contributed by atoms with Crippen molar-refractivity contribution in [2.75, 3.05) is 0 Å². The van der Waals surface area contributed by atoms with Gasteiger partial charge in [-0.15, -0.1) is 0 Å². The van der Waals surface area contributed by atoms with E-state index in [9.17, 15) is 9.90 Å². The first-order valence-corrected chi connectivity index (χ1v) is 5.01. The Labute approximate surface area is 87.5 Å². The summed E-state index contributed by atoms with van der Waals surface area (Å²) in [7, 11) is 0. The molecule has 2 rings (SSSR count). The predicted octanol–water partition coefficient (Wildman–Crippen LogP) is 1.44. The zero-order valence-electron chi connectivity index (χ0n) is 8.78. The largest absolute Gasteiger partial charge is 0.479 e. The number of fused-ring (bicyclic) bond motifs is 1. The average molecular weight is 210 g/mol. The summed E-state index contributed by atoms with van der Waals surface area (Å²) in [6.07, 6.45) is 1.32. The van der Waals surface area contributed by atoms with Gasteiger partial charge in [0.1, 0.15) is 11.5 Å². The molecule has 0 bridgehead atoms. The molecule has 0 radical (unpaired) electrons. The van der Waals surface area contributed by atoms with E-state index in [2.05, 4.69) is 0 Å². The Bertz CT molecular complexity index is 407. The molecule has 1 aromatic rings. The number of aliphatic carboxylic acids is 1. The molecule has 0 fully saturated rings. The number of carbonyl (C=O) groups is 1. The van der Waals surface area contributed by atoms with Gasteiger partial charge in [0.25, 0.3) is 0 Å². The fraction of sp³-hybridized carbons (Fsp3) is 0.545. The monoisotopic (exact) mass is 210 g/mol. The summed E-state index contributed by atoms with van der Waals surface area (Å²) in [5.41, 5.74) is -1.36. The molecule has 2 N–H and O–H groups in total. The van der Waals surface area contributed by atoms with Gasteiger partial charge in [-0.2, -0.15) is 0 Å². The number of aliphatic hydroxyl groups is 1. The first-order chi connectivity index (χ1) is 6.96. The van der Waals surface area contributed by atoms with Gasteiger partial charge in [0.15, 0.2) is 5.60 Å². The van der Waals surface area contributed by atoms with Crippen LogP contribution in [0.4, 0.5) is 0 Å². The van der Waals surface area contributed by atoms with Crippen LogP contribution < -0.4 is 0 Å². The third kappa shape index (κ3) is 1.28. The Morgan fingerprint density at radius 2 is 2.33 bits per heavy atom. The minimum absolute atomic E-state index is 0.292. The molecule has 4 heteroatoms. The third-order valence-electron chi connectivity index (χ3n) is 3.19. The van der Waals surface area contributed by atoms with Crippen molar-refractivity contribution in [3.63, 3.8) is 0 Å². The first-order valence-electron chi connectivity index (χ1n) is 5.01. The van der Waals surface area contributed by atoms with Crippen molar-refractivity contribution in [2.24, 2.45) is 5.92 Å². The van der Waals surface area contributed by atoms with Crippen LogP contribution in [0.2, 0.25) is 0 Å². The molecule has 0 spiro atoms. The lowest BCUT2D eigenvalue weighted by molar-refractivity contribution is -0.167. The molecular formula is C11H14O4. The molecule has 0 saturated carbocycles. The van der Waals surface area contributed by atoms with Crippen molar-refractivity contribution in [3.05, 3.63) is 23.2 Å². The molecule has 0 amide bonds. The van der Waals surface area contributed by atoms with Crippen molar-refractivity contribution in [1.82, 2.24) is 0 Å². The summed E-state index contributed by atoms with van der Waals surface area (Å²) in [4.78, 5) is 11.2. The number of aryl methyl sites for hydroxylation is 2. The van der Waals surface area contributed by atoms with Crippen molar-refractivity contribution < 1.29 is 19.4 Å². The van der Waals surface area contributed by atoms with Crippen LogP contribution in [0.3, 0.4) is 0 Å². The van der Waals surface area contributed by atoms with Gasteiger partial charge in [-0.25, -0.2) is 4.79 Å². The van der Waals surface area contributed by atoms with Crippen LogP contribution in [0, 0.1) is 12.8 Å². The second kappa shape index (κ2) is 3.10. The van der Waals surface area contributed by atoms with E-state index in [0.29, 0.717) is 29.9 Å². The summed E-state index contributed by atoms with van der Waals surface area (Å²) in [6, 6.07) is 1.62. The van der Waals surface area contributed by atoms with E-state index in [1.54, 1.807) is 19.9 Å². The van der Waals surface area contributed by atoms with E-state index in [0.717, 1.165) is 0 Å². The Hall–Kier alpha value is -1.29. The first kappa shape index (κ1) is 10.2. The number of rotatable bonds is 1. The second-order valence-corrected chi connectivity index (χ2v) is 4.21. The van der Waals surface area contributed by atoms with E-state index in [-0.39, 0.29) is 5.92 Å². The minimum Gasteiger partial charge on any atom is -0.479 e. The average Bonchev–Trinajstić information content (AvgIpc) is 2.53. The number of hydrogen-bond acceptors (Lipinski definition) is 3. The van der Waals surface area contributed by atoms with Crippen molar-refractivity contribution in [2.45, 2.75) is 32.3 Å². The van der Waals surface area contributed by atoms with E-state index >= 15 is 0 Å². The van der Waals surface area contributed by atoms with Gasteiger partial charge >= 0.3 is 5.97 Å². The lowest BCUT2D eigenvalue weighted by Crippen LogP contribution is -2.44. The number of furan rings is 1. The number of hydrogen-bond donors (Lipinski definition) is 2. The minimum atomic E-state index is -1.79. The summed E-state index contributed by atoms with van der Waals surface area (Å²) in [5, 5.41) is 19.4. The highest BCUT2D eigenvalue weighted by Gasteiger charge is 2.48. The lowest BCUT2D eigenvalue weighted by atomic mass is 9.75. The van der Waals surface area contributed by atoms with Crippen LogP contribution in [0.5, 0.6) is 0 Å². The molecule has 1 aliphatic carbocycles. The SMILES string of the molecule is Cc1cc2c(o1)CCC(C)C2(O)C(=O)O. The fourth-order valence-corrected chi connectivity index (χ4v) is 2.22. The molecule has 2 atom stereocenters. The van der Waals surface area contributed by atoms with Gasteiger partial charge in [-0.3, -0.25) is 0 Å². The fourth-order valence-electron chi connectivity index (χ4n) is 2.22. The predicted molar refractivity (Wildman–Crippen MR) is 52.5 cm³/mol. The molecule has 82 valence electrons. The van der Waals surface area contributed by atoms with Gasteiger partial charge in [0.2, 0.25) is 0 Å². The zero-order chi connectivity index (χ0) is 11.2. The zero-order valence-corrected chi connectivity index (χ0v) is 8.78. The van der Waals surface area contributed by atoms with E-state index in [1.807, 2.05) is 0 Å². The molecule has 15 heavy (non-hydrogen) atoms. The highest BCUT2D eigenvalue weighted by molar-refractivity contribution is 5.80. The van der Waals surface area contributed by atoms with E-state index < -0.39 is 11.6 Å². The van der Waals surface area contributed by atoms with Gasteiger partial charge in [-0.1, -0.05) is 6.92 Å². The molecule has 1 heterocycles. The molecule has 0 aromatic carbocycles. The molecule has 4 nitrogen and oxygen atoms in total. The molecule has 0 saturated heterocycles. The highest BCUT2D eigenvalue weighted by Crippen LogP contribution is 2.41. The maximum absolute atomic E-state index is 11.2. The van der Waals surface area contributed by atoms with Gasteiger partial charge in [0.05, 0.1) is 0 Å². The summed E-state index contributed by atoms with van der Waals surface area (Å²) >= 11 is 0. The van der Waals surface area contributed by atoms with Crippen LogP contribution in [0.25, 0.3) is 0 Å². The van der Waals surface area contributed by atoms with E-state index in [1.165, 1.54) is 0 Å². The van der Waals surface area contributed by atoms with Crippen LogP contribution in [0.1, 0.15) is 30.4 Å². The molecule has 0 aliphatic heterocycles. The third-order valence-corrected chi connectivity index (χ3v) is 3.19. The number of carboxylic acids is 1. The maximum Gasteiger partial charge on any atom is 0.340 e. The Balaban J connectivity index is 2.59. The van der Waals surface area contributed by atoms with Crippen molar-refractivity contribution in [1.29, 1.82) is 0 Å². The Morgan fingerprint density at radius 1 is 1.67 bits per heavy atom. The van der Waals surface area contributed by atoms with Gasteiger partial charge in [-0.05, 0) is 19.4 Å². The topological polar surface area (TPSA) is 70.7 Å². The quantitative estimate of drug-likeness (QED) is 0.735. The van der Waals surface area contributed by atoms with Crippen LogP contribution in [-0.4, -0.2) is 16.2 Å². The molecule has 1 aliphatic rings. The normalized spacial score (nSPS) is 29.9. The summed E-state index contributed by atoms with van der Waals surface area (Å²) in [6.45, 7) is 3.50. The molecule has 2 unspecified atom stereocenters. The highest BCUT2D eigenvalue weighted by atomic mass is 16.4. The standard InChI is InChI=1S/C11H14O4/c1-6-3-4-9-8(5-7(2)15-9)11(6,14)10(12)13/h5-6,14H,3-4H2,1-2H3,(H,12,13). The second-order valence-electron chi connectivity index (χ2n) is 4.21. The lowest BCUT2D eigenvalue weighted by Gasteiger charge is -2.33. The summed E-state index contributed by atoms with van der Waals surface area (Å²) < 4.78 is 5.38. The van der Waals surface area contributed by atoms with Crippen molar-refractivity contribution in [3.8, 4) is 0 Å². The van der Waals surface area contributed by atoms with Gasteiger partial charge in [0, 0.05) is 17.9 Å². The smallest absolute Gasteiger partial charge is 0.340 e. The Kier molecular flexibility index (Phi) is 2.12. The molecule has 1 aromatic heterocycles.